The van der Waals surface area contributed by atoms with Gasteiger partial charge in [0.15, 0.2) is 21.9 Å². The minimum Gasteiger partial charge on any atom is -0.386 e. The molecule has 11 heteroatoms. The zero-order valence-electron chi connectivity index (χ0n) is 13.8. The van der Waals surface area contributed by atoms with E-state index in [1.54, 1.807) is 0 Å². The van der Waals surface area contributed by atoms with Crippen molar-refractivity contribution in [2.24, 2.45) is 11.5 Å². The van der Waals surface area contributed by atoms with Crippen LogP contribution in [-0.2, 0) is 17.6 Å². The van der Waals surface area contributed by atoms with E-state index in [1.165, 1.54) is 0 Å². The zero-order valence-corrected chi connectivity index (χ0v) is 15.3. The summed E-state index contributed by atoms with van der Waals surface area (Å²) in [5.74, 6) is -4.33. The highest BCUT2D eigenvalue weighted by Gasteiger charge is 2.24. The van der Waals surface area contributed by atoms with Crippen molar-refractivity contribution >= 4 is 35.1 Å². The first-order chi connectivity index (χ1) is 12.8. The van der Waals surface area contributed by atoms with Gasteiger partial charge >= 0.3 is 11.9 Å². The lowest BCUT2D eigenvalue weighted by Crippen LogP contribution is -2.20. The van der Waals surface area contributed by atoms with Crippen molar-refractivity contribution < 1.29 is 23.1 Å². The van der Waals surface area contributed by atoms with Crippen molar-refractivity contribution in [1.82, 2.24) is 9.97 Å². The van der Waals surface area contributed by atoms with Crippen LogP contribution in [-0.4, -0.2) is 35.0 Å². The lowest BCUT2D eigenvalue weighted by Gasteiger charge is -2.10. The van der Waals surface area contributed by atoms with Gasteiger partial charge in [-0.2, -0.15) is 0 Å². The fraction of sp³-hybridized carbons (Fsp3) is 0.250. The second-order valence-electron chi connectivity index (χ2n) is 5.26. The molecule has 0 aliphatic rings. The Morgan fingerprint density at radius 1 is 0.889 bits per heavy atom. The van der Waals surface area contributed by atoms with Crippen molar-refractivity contribution in [1.29, 1.82) is 0 Å². The Labute approximate surface area is 162 Å². The molecule has 0 aliphatic carbocycles. The Morgan fingerprint density at radius 3 is 1.59 bits per heavy atom. The van der Waals surface area contributed by atoms with Gasteiger partial charge in [-0.3, -0.25) is 0 Å². The van der Waals surface area contributed by atoms with Crippen molar-refractivity contribution in [3.63, 3.8) is 0 Å². The fourth-order valence-corrected chi connectivity index (χ4v) is 2.52. The number of esters is 2. The highest BCUT2D eigenvalue weighted by molar-refractivity contribution is 6.30. The number of hydrogen-bond donors (Lipinski definition) is 2. The normalized spacial score (nSPS) is 10.7. The third kappa shape index (κ3) is 4.95. The van der Waals surface area contributed by atoms with E-state index in [0.717, 1.165) is 12.1 Å². The summed E-state index contributed by atoms with van der Waals surface area (Å²) in [6.45, 7) is 0.187. The average molecular weight is 419 g/mol. The molecule has 0 aliphatic heterocycles. The number of aromatic nitrogens is 2. The number of nitrogens with zero attached hydrogens (tertiary/aromatic N) is 2. The lowest BCUT2D eigenvalue weighted by molar-refractivity contribution is 0.0395. The molecule has 2 aromatic heterocycles. The number of rotatable bonds is 6. The number of hydrogen-bond acceptors (Lipinski definition) is 7. The Hall–Kier alpha value is -2.20. The molecule has 144 valence electrons. The van der Waals surface area contributed by atoms with E-state index >= 15 is 0 Å². The number of halogens is 4. The van der Waals surface area contributed by atoms with Crippen molar-refractivity contribution in [3.05, 3.63) is 56.6 Å². The topological polar surface area (TPSA) is 121 Å². The van der Waals surface area contributed by atoms with Crippen LogP contribution in [0.25, 0.3) is 0 Å². The molecule has 2 aromatic rings. The van der Waals surface area contributed by atoms with E-state index in [2.05, 4.69) is 9.97 Å². The smallest absolute Gasteiger partial charge is 0.347 e. The predicted molar refractivity (Wildman–Crippen MR) is 93.7 cm³/mol. The largest absolute Gasteiger partial charge is 0.386 e. The maximum absolute atomic E-state index is 13.7. The summed E-state index contributed by atoms with van der Waals surface area (Å²) in [6, 6.07) is 1.58. The van der Waals surface area contributed by atoms with Crippen LogP contribution in [0.1, 0.15) is 32.1 Å². The highest BCUT2D eigenvalue weighted by Crippen LogP contribution is 2.21. The predicted octanol–water partition coefficient (Wildman–Crippen LogP) is 2.06. The van der Waals surface area contributed by atoms with Crippen molar-refractivity contribution in [2.45, 2.75) is 12.8 Å². The van der Waals surface area contributed by atoms with E-state index in [4.69, 9.17) is 39.4 Å². The summed E-state index contributed by atoms with van der Waals surface area (Å²) >= 11 is 11.2. The molecule has 4 N–H and O–H groups in total. The van der Waals surface area contributed by atoms with Gasteiger partial charge in [0.2, 0.25) is 0 Å². The molecule has 7 nitrogen and oxygen atoms in total. The van der Waals surface area contributed by atoms with Gasteiger partial charge < -0.3 is 16.2 Å². The Kier molecular flexibility index (Phi) is 7.14. The number of carbonyl (C=O) groups excluding carboxylic acids is 2. The standard InChI is InChI=1S/C16H14Cl2F2N4O3/c17-13-9(19)5-7(11(23-13)1-3-21)15(25)27-16(26)8-6-10(20)14(18)24-12(8)2-4-22/h5-6H,1-4,21-22H2. The summed E-state index contributed by atoms with van der Waals surface area (Å²) in [5.41, 5.74) is 10.3. The second-order valence-corrected chi connectivity index (χ2v) is 5.98. The molecule has 0 bridgehead atoms. The van der Waals surface area contributed by atoms with Gasteiger partial charge in [-0.1, -0.05) is 23.2 Å². The molecular formula is C16H14Cl2F2N4O3. The minimum atomic E-state index is -1.19. The van der Waals surface area contributed by atoms with Crippen LogP contribution in [0.5, 0.6) is 0 Å². The Balaban J connectivity index is 2.35. The van der Waals surface area contributed by atoms with E-state index in [0.29, 0.717) is 0 Å². The summed E-state index contributed by atoms with van der Waals surface area (Å²) < 4.78 is 32.1. The average Bonchev–Trinajstić information content (AvgIpc) is 2.61. The summed E-state index contributed by atoms with van der Waals surface area (Å²) in [7, 11) is 0. The van der Waals surface area contributed by atoms with Gasteiger partial charge in [-0.15, -0.1) is 0 Å². The molecule has 0 spiro atoms. The van der Waals surface area contributed by atoms with Crippen LogP contribution < -0.4 is 11.5 Å². The monoisotopic (exact) mass is 418 g/mol. The van der Waals surface area contributed by atoms with E-state index in [9.17, 15) is 18.4 Å². The molecule has 0 aromatic carbocycles. The van der Waals surface area contributed by atoms with Crippen LogP contribution in [0.4, 0.5) is 8.78 Å². The quantitative estimate of drug-likeness (QED) is 0.418. The molecule has 0 atom stereocenters. The molecule has 0 saturated heterocycles. The summed E-state index contributed by atoms with van der Waals surface area (Å²) in [4.78, 5) is 32.1. The molecule has 0 amide bonds. The van der Waals surface area contributed by atoms with E-state index < -0.39 is 33.9 Å². The van der Waals surface area contributed by atoms with Crippen LogP contribution in [0.2, 0.25) is 10.3 Å². The summed E-state index contributed by atoms with van der Waals surface area (Å²) in [5, 5.41) is -0.897. The van der Waals surface area contributed by atoms with Crippen LogP contribution in [0.15, 0.2) is 12.1 Å². The molecule has 2 rings (SSSR count). The van der Waals surface area contributed by atoms with E-state index in [1.807, 2.05) is 0 Å². The maximum atomic E-state index is 13.7. The van der Waals surface area contributed by atoms with Gasteiger partial charge in [-0.05, 0) is 25.2 Å². The van der Waals surface area contributed by atoms with Gasteiger partial charge in [0.25, 0.3) is 0 Å². The fourth-order valence-electron chi connectivity index (χ4n) is 2.21. The molecule has 0 saturated carbocycles. The lowest BCUT2D eigenvalue weighted by atomic mass is 10.1. The van der Waals surface area contributed by atoms with Gasteiger partial charge in [0.05, 0.1) is 22.5 Å². The SMILES string of the molecule is NCCc1nc(Cl)c(F)cc1C(=O)OC(=O)c1cc(F)c(Cl)nc1CCN. The molecule has 2 heterocycles. The summed E-state index contributed by atoms with van der Waals surface area (Å²) in [6.07, 6.45) is 0.183. The third-order valence-corrected chi connectivity index (χ3v) is 3.94. The molecule has 0 radical (unpaired) electrons. The first kappa shape index (κ1) is 21.1. The first-order valence-corrected chi connectivity index (χ1v) is 8.40. The minimum absolute atomic E-state index is 0.0595. The van der Waals surface area contributed by atoms with Crippen molar-refractivity contribution in [2.75, 3.05) is 13.1 Å². The third-order valence-electron chi connectivity index (χ3n) is 3.41. The number of nitrogens with two attached hydrogens (primary N) is 2. The van der Waals surface area contributed by atoms with Gasteiger partial charge in [0, 0.05) is 12.8 Å². The second kappa shape index (κ2) is 9.14. The van der Waals surface area contributed by atoms with Gasteiger partial charge in [-0.25, -0.2) is 28.3 Å². The molecule has 27 heavy (non-hydrogen) atoms. The Bertz CT molecular complexity index is 825. The number of ether oxygens (including phenoxy) is 1. The number of carbonyl (C=O) groups is 2. The number of pyridine rings is 2. The van der Waals surface area contributed by atoms with Crippen LogP contribution >= 0.6 is 23.2 Å². The van der Waals surface area contributed by atoms with Gasteiger partial charge in [0.1, 0.15) is 0 Å². The molecular weight excluding hydrogens is 405 g/mol. The Morgan fingerprint density at radius 2 is 1.26 bits per heavy atom. The van der Waals surface area contributed by atoms with Crippen LogP contribution in [0, 0.1) is 11.6 Å². The van der Waals surface area contributed by atoms with E-state index in [-0.39, 0.29) is 48.4 Å². The zero-order chi connectivity index (χ0) is 20.1. The highest BCUT2D eigenvalue weighted by atomic mass is 35.5. The molecule has 0 unspecified atom stereocenters. The van der Waals surface area contributed by atoms with Crippen molar-refractivity contribution in [3.8, 4) is 0 Å². The van der Waals surface area contributed by atoms with Crippen LogP contribution in [0.3, 0.4) is 0 Å². The first-order valence-electron chi connectivity index (χ1n) is 7.65. The maximum Gasteiger partial charge on any atom is 0.347 e. The molecule has 0 fully saturated rings.